The quantitative estimate of drug-likeness (QED) is 0.249. The Labute approximate surface area is 188 Å². The Morgan fingerprint density at radius 2 is 1.87 bits per heavy atom. The van der Waals surface area contributed by atoms with E-state index in [0.29, 0.717) is 17.7 Å². The van der Waals surface area contributed by atoms with Gasteiger partial charge in [0.25, 0.3) is 5.22 Å². The van der Waals surface area contributed by atoms with E-state index in [9.17, 15) is 4.79 Å². The van der Waals surface area contributed by atoms with Crippen molar-refractivity contribution < 1.29 is 13.9 Å². The summed E-state index contributed by atoms with van der Waals surface area (Å²) in [5.74, 6) is 0.782. The summed E-state index contributed by atoms with van der Waals surface area (Å²) in [7, 11) is 1.70. The summed E-state index contributed by atoms with van der Waals surface area (Å²) in [5.41, 5.74) is 5.03. The van der Waals surface area contributed by atoms with Crippen LogP contribution in [0.25, 0.3) is 11.5 Å². The van der Waals surface area contributed by atoms with Crippen molar-refractivity contribution in [3.63, 3.8) is 0 Å². The van der Waals surface area contributed by atoms with Gasteiger partial charge in [-0.1, -0.05) is 44.7 Å². The maximum absolute atomic E-state index is 12.8. The summed E-state index contributed by atoms with van der Waals surface area (Å²) < 4.78 is 13.1. The number of hydrogen-bond donors (Lipinski definition) is 0. The summed E-state index contributed by atoms with van der Waals surface area (Å²) >= 11 is 1.27. The fraction of sp³-hybridized carbons (Fsp3) is 0.458. The molecule has 0 saturated heterocycles. The molecule has 3 aromatic rings. The molecule has 166 valence electrons. The molecule has 3 rings (SSSR count). The van der Waals surface area contributed by atoms with Crippen molar-refractivity contribution in [2.24, 2.45) is 0 Å². The summed E-state index contributed by atoms with van der Waals surface area (Å²) in [6.07, 6.45) is 0.913. The van der Waals surface area contributed by atoms with Crippen LogP contribution in [0.1, 0.15) is 54.5 Å². The van der Waals surface area contributed by atoms with Crippen LogP contribution < -0.4 is 0 Å². The van der Waals surface area contributed by atoms with E-state index in [2.05, 4.69) is 47.7 Å². The lowest BCUT2D eigenvalue weighted by Gasteiger charge is -2.18. The van der Waals surface area contributed by atoms with Crippen LogP contribution >= 0.6 is 11.8 Å². The van der Waals surface area contributed by atoms with Crippen molar-refractivity contribution >= 4 is 17.5 Å². The number of ketones is 1. The highest BCUT2D eigenvalue weighted by Gasteiger charge is 2.18. The third-order valence-corrected chi connectivity index (χ3v) is 6.15. The number of Topliss-reactive ketones (excluding diaryl/α,β-unsaturated/α-hetero) is 1. The number of hydrogen-bond acceptors (Lipinski definition) is 6. The van der Waals surface area contributed by atoms with Crippen molar-refractivity contribution in [3.8, 4) is 11.5 Å². The van der Waals surface area contributed by atoms with E-state index in [1.54, 1.807) is 7.11 Å². The fourth-order valence-corrected chi connectivity index (χ4v) is 4.14. The number of ether oxygens (including phenoxy) is 1. The van der Waals surface area contributed by atoms with Gasteiger partial charge in [0, 0.05) is 42.8 Å². The average Bonchev–Trinajstić information content (AvgIpc) is 3.31. The van der Waals surface area contributed by atoms with E-state index in [-0.39, 0.29) is 17.0 Å². The molecule has 0 bridgehead atoms. The van der Waals surface area contributed by atoms with Gasteiger partial charge >= 0.3 is 0 Å². The minimum absolute atomic E-state index is 0.0605. The van der Waals surface area contributed by atoms with Crippen LogP contribution in [0.15, 0.2) is 40.0 Å². The Morgan fingerprint density at radius 3 is 2.52 bits per heavy atom. The SMILES string of the molecule is COCCCn1c(C)cc(C(=O)CSc2nnc(-c3ccc(C(C)(C)C)cc3)o2)c1C. The third-order valence-electron chi connectivity index (χ3n) is 5.34. The molecular weight excluding hydrogens is 410 g/mol. The normalized spacial score (nSPS) is 11.8. The van der Waals surface area contributed by atoms with Crippen molar-refractivity contribution in [3.05, 3.63) is 52.8 Å². The number of thioether (sulfide) groups is 1. The molecule has 0 aliphatic heterocycles. The second-order valence-corrected chi connectivity index (χ2v) is 9.62. The zero-order chi connectivity index (χ0) is 22.6. The van der Waals surface area contributed by atoms with E-state index < -0.39 is 0 Å². The van der Waals surface area contributed by atoms with E-state index >= 15 is 0 Å². The number of carbonyl (C=O) groups excluding carboxylic acids is 1. The molecule has 0 spiro atoms. The zero-order valence-corrected chi connectivity index (χ0v) is 20.0. The smallest absolute Gasteiger partial charge is 0.277 e. The third kappa shape index (κ3) is 5.66. The highest BCUT2D eigenvalue weighted by atomic mass is 32.2. The van der Waals surface area contributed by atoms with E-state index in [1.165, 1.54) is 17.3 Å². The average molecular weight is 442 g/mol. The Balaban J connectivity index is 1.63. The first kappa shape index (κ1) is 23.3. The van der Waals surface area contributed by atoms with Crippen LogP contribution in [0.5, 0.6) is 0 Å². The molecule has 0 radical (unpaired) electrons. The number of methoxy groups -OCH3 is 1. The molecule has 31 heavy (non-hydrogen) atoms. The lowest BCUT2D eigenvalue weighted by atomic mass is 9.87. The maximum atomic E-state index is 12.8. The second kappa shape index (κ2) is 9.83. The van der Waals surface area contributed by atoms with Gasteiger partial charge < -0.3 is 13.7 Å². The molecule has 0 amide bonds. The lowest BCUT2D eigenvalue weighted by molar-refractivity contribution is 0.102. The van der Waals surface area contributed by atoms with Gasteiger partial charge in [0.15, 0.2) is 5.78 Å². The molecule has 0 saturated carbocycles. The number of rotatable bonds is 9. The van der Waals surface area contributed by atoms with Gasteiger partial charge in [0.05, 0.1) is 5.75 Å². The molecular formula is C24H31N3O3S. The monoisotopic (exact) mass is 441 g/mol. The van der Waals surface area contributed by atoms with E-state index in [4.69, 9.17) is 9.15 Å². The molecule has 0 unspecified atom stereocenters. The number of aromatic nitrogens is 3. The molecule has 2 aromatic heterocycles. The topological polar surface area (TPSA) is 70.2 Å². The van der Waals surface area contributed by atoms with Gasteiger partial charge in [-0.2, -0.15) is 0 Å². The Morgan fingerprint density at radius 1 is 1.16 bits per heavy atom. The summed E-state index contributed by atoms with van der Waals surface area (Å²) in [5, 5.41) is 8.64. The highest BCUT2D eigenvalue weighted by molar-refractivity contribution is 7.99. The van der Waals surface area contributed by atoms with Gasteiger partial charge in [-0.3, -0.25) is 4.79 Å². The molecule has 2 heterocycles. The zero-order valence-electron chi connectivity index (χ0n) is 19.2. The number of carbonyl (C=O) groups is 1. The Bertz CT molecular complexity index is 1030. The minimum Gasteiger partial charge on any atom is -0.411 e. The van der Waals surface area contributed by atoms with Gasteiger partial charge in [-0.15, -0.1) is 10.2 Å². The Hall–Kier alpha value is -2.38. The first-order chi connectivity index (χ1) is 14.7. The number of aryl methyl sites for hydroxylation is 1. The van der Waals surface area contributed by atoms with Crippen LogP contribution in [-0.2, 0) is 16.7 Å². The van der Waals surface area contributed by atoms with Gasteiger partial charge in [-0.05, 0) is 49.4 Å². The number of benzene rings is 1. The molecule has 0 atom stereocenters. The first-order valence-corrected chi connectivity index (χ1v) is 11.5. The van der Waals surface area contributed by atoms with Gasteiger partial charge in [0.2, 0.25) is 5.89 Å². The van der Waals surface area contributed by atoms with Crippen LogP contribution in [-0.4, -0.2) is 40.0 Å². The molecule has 0 aliphatic carbocycles. The lowest BCUT2D eigenvalue weighted by Crippen LogP contribution is -2.10. The summed E-state index contributed by atoms with van der Waals surface area (Å²) in [6, 6.07) is 10.1. The molecule has 7 heteroatoms. The standard InChI is InChI=1S/C24H31N3O3S/c1-16-14-20(17(2)27(16)12-7-13-29-6)21(28)15-31-23-26-25-22(30-23)18-8-10-19(11-9-18)24(3,4)5/h8-11,14H,7,12-13,15H2,1-6H3. The van der Waals surface area contributed by atoms with Crippen LogP contribution in [0, 0.1) is 13.8 Å². The fourth-order valence-electron chi connectivity index (χ4n) is 3.50. The molecule has 6 nitrogen and oxygen atoms in total. The van der Waals surface area contributed by atoms with Gasteiger partial charge in [-0.25, -0.2) is 0 Å². The molecule has 0 N–H and O–H groups in total. The largest absolute Gasteiger partial charge is 0.411 e. The minimum atomic E-state index is 0.0605. The van der Waals surface area contributed by atoms with Crippen molar-refractivity contribution in [1.82, 2.24) is 14.8 Å². The molecule has 0 aliphatic rings. The molecule has 0 fully saturated rings. The van der Waals surface area contributed by atoms with Crippen LogP contribution in [0.2, 0.25) is 0 Å². The van der Waals surface area contributed by atoms with Crippen molar-refractivity contribution in [1.29, 1.82) is 0 Å². The number of nitrogens with zero attached hydrogens (tertiary/aromatic N) is 3. The van der Waals surface area contributed by atoms with Crippen LogP contribution in [0.4, 0.5) is 0 Å². The van der Waals surface area contributed by atoms with Gasteiger partial charge in [0.1, 0.15) is 0 Å². The summed E-state index contributed by atoms with van der Waals surface area (Å²) in [6.45, 7) is 12.1. The highest BCUT2D eigenvalue weighted by Crippen LogP contribution is 2.28. The van der Waals surface area contributed by atoms with Crippen molar-refractivity contribution in [2.75, 3.05) is 19.5 Å². The van der Waals surface area contributed by atoms with E-state index in [0.717, 1.165) is 35.5 Å². The maximum Gasteiger partial charge on any atom is 0.277 e. The van der Waals surface area contributed by atoms with Crippen molar-refractivity contribution in [2.45, 2.75) is 58.2 Å². The molecule has 1 aromatic carbocycles. The van der Waals surface area contributed by atoms with E-state index in [1.807, 2.05) is 32.0 Å². The second-order valence-electron chi connectivity index (χ2n) is 8.70. The Kier molecular flexibility index (Phi) is 7.38. The summed E-state index contributed by atoms with van der Waals surface area (Å²) in [4.78, 5) is 12.8. The predicted molar refractivity (Wildman–Crippen MR) is 124 cm³/mol. The van der Waals surface area contributed by atoms with Crippen LogP contribution in [0.3, 0.4) is 0 Å². The first-order valence-electron chi connectivity index (χ1n) is 10.5. The predicted octanol–water partition coefficient (Wildman–Crippen LogP) is 5.46.